The van der Waals surface area contributed by atoms with Gasteiger partial charge in [0.05, 0.1) is 30.5 Å². The van der Waals surface area contributed by atoms with Gasteiger partial charge >= 0.3 is 0 Å². The van der Waals surface area contributed by atoms with Crippen molar-refractivity contribution in [2.45, 2.75) is 6.42 Å². The maximum atomic E-state index is 12.2. The molecule has 156 valence electrons. The second kappa shape index (κ2) is 10.1. The third-order valence-electron chi connectivity index (χ3n) is 4.19. The van der Waals surface area contributed by atoms with Crippen LogP contribution in [0.3, 0.4) is 0 Å². The van der Waals surface area contributed by atoms with Gasteiger partial charge in [-0.25, -0.2) is 4.98 Å². The molecule has 0 aliphatic heterocycles. The van der Waals surface area contributed by atoms with E-state index in [0.29, 0.717) is 32.9 Å². The van der Waals surface area contributed by atoms with Crippen molar-refractivity contribution in [2.24, 2.45) is 0 Å². The first-order valence-corrected chi connectivity index (χ1v) is 10.3. The van der Waals surface area contributed by atoms with Gasteiger partial charge in [0.15, 0.2) is 5.13 Å². The first-order valence-electron chi connectivity index (χ1n) is 9.02. The summed E-state index contributed by atoms with van der Waals surface area (Å²) >= 11 is 7.30. The number of hydrogen-bond donors (Lipinski definition) is 2. The summed E-state index contributed by atoms with van der Waals surface area (Å²) in [5.41, 5.74) is 1.80. The quantitative estimate of drug-likeness (QED) is 0.541. The second-order valence-electron chi connectivity index (χ2n) is 6.14. The van der Waals surface area contributed by atoms with Gasteiger partial charge < -0.3 is 20.1 Å². The normalized spacial score (nSPS) is 10.4. The third-order valence-corrected chi connectivity index (χ3v) is 5.28. The van der Waals surface area contributed by atoms with Gasteiger partial charge in [0.1, 0.15) is 11.5 Å². The largest absolute Gasteiger partial charge is 0.497 e. The monoisotopic (exact) mass is 445 g/mol. The summed E-state index contributed by atoms with van der Waals surface area (Å²) in [6.45, 7) is 0.178. The van der Waals surface area contributed by atoms with Crippen molar-refractivity contribution >= 4 is 39.9 Å². The number of benzene rings is 2. The number of nitrogens with one attached hydrogen (secondary N) is 2. The van der Waals surface area contributed by atoms with Crippen LogP contribution >= 0.6 is 22.9 Å². The highest BCUT2D eigenvalue weighted by atomic mass is 35.5. The fourth-order valence-electron chi connectivity index (χ4n) is 2.68. The number of ether oxygens (including phenoxy) is 2. The van der Waals surface area contributed by atoms with Crippen LogP contribution in [-0.2, 0) is 4.79 Å². The molecule has 0 spiro atoms. The molecule has 1 heterocycles. The molecule has 9 heteroatoms. The highest BCUT2D eigenvalue weighted by Crippen LogP contribution is 2.35. The Morgan fingerprint density at radius 3 is 2.67 bits per heavy atom. The van der Waals surface area contributed by atoms with Crippen molar-refractivity contribution in [1.29, 1.82) is 0 Å². The molecule has 3 aromatic rings. The number of carbonyl (C=O) groups excluding carboxylic acids is 2. The van der Waals surface area contributed by atoms with Gasteiger partial charge in [-0.15, -0.1) is 11.3 Å². The van der Waals surface area contributed by atoms with Crippen LogP contribution in [0.15, 0.2) is 47.8 Å². The van der Waals surface area contributed by atoms with E-state index in [1.807, 2.05) is 11.4 Å². The van der Waals surface area contributed by atoms with Crippen molar-refractivity contribution in [1.82, 2.24) is 10.3 Å². The van der Waals surface area contributed by atoms with E-state index in [1.165, 1.54) is 11.3 Å². The number of anilines is 1. The minimum atomic E-state index is -0.324. The molecule has 0 saturated heterocycles. The van der Waals surface area contributed by atoms with Crippen molar-refractivity contribution in [3.8, 4) is 22.8 Å². The zero-order valence-corrected chi connectivity index (χ0v) is 18.0. The summed E-state index contributed by atoms with van der Waals surface area (Å²) < 4.78 is 10.6. The average Bonchev–Trinajstić information content (AvgIpc) is 3.21. The Morgan fingerprint density at radius 2 is 1.93 bits per heavy atom. The molecule has 0 atom stereocenters. The molecule has 0 unspecified atom stereocenters. The Hall–Kier alpha value is -3.10. The molecule has 0 aliphatic rings. The van der Waals surface area contributed by atoms with Gasteiger partial charge in [0.25, 0.3) is 5.91 Å². The van der Waals surface area contributed by atoms with Crippen molar-refractivity contribution in [3.63, 3.8) is 0 Å². The third kappa shape index (κ3) is 5.28. The summed E-state index contributed by atoms with van der Waals surface area (Å²) in [5, 5.41) is 8.07. The SMILES string of the molecule is COc1ccc(OC)c(-c2csc(NC(=O)CCNC(=O)c3ccccc3Cl)n2)c1. The van der Waals surface area contributed by atoms with Crippen LogP contribution in [0.4, 0.5) is 5.13 Å². The highest BCUT2D eigenvalue weighted by Gasteiger charge is 2.14. The Morgan fingerprint density at radius 1 is 1.13 bits per heavy atom. The van der Waals surface area contributed by atoms with E-state index in [0.717, 1.165) is 5.56 Å². The van der Waals surface area contributed by atoms with Crippen LogP contribution in [-0.4, -0.2) is 37.6 Å². The lowest BCUT2D eigenvalue weighted by molar-refractivity contribution is -0.116. The predicted octanol–water partition coefficient (Wildman–Crippen LogP) is 4.24. The predicted molar refractivity (Wildman–Crippen MR) is 118 cm³/mol. The van der Waals surface area contributed by atoms with Crippen LogP contribution in [0.1, 0.15) is 16.8 Å². The van der Waals surface area contributed by atoms with Gasteiger partial charge in [-0.2, -0.15) is 0 Å². The molecule has 30 heavy (non-hydrogen) atoms. The molecular weight excluding hydrogens is 426 g/mol. The number of amides is 2. The molecule has 7 nitrogen and oxygen atoms in total. The highest BCUT2D eigenvalue weighted by molar-refractivity contribution is 7.14. The molecule has 3 rings (SSSR count). The van der Waals surface area contributed by atoms with Crippen LogP contribution in [0.5, 0.6) is 11.5 Å². The minimum Gasteiger partial charge on any atom is -0.497 e. The zero-order valence-electron chi connectivity index (χ0n) is 16.4. The van der Waals surface area contributed by atoms with E-state index < -0.39 is 0 Å². The molecule has 0 fully saturated rings. The number of nitrogens with zero attached hydrogens (tertiary/aromatic N) is 1. The summed E-state index contributed by atoms with van der Waals surface area (Å²) in [4.78, 5) is 28.8. The number of aromatic nitrogens is 1. The van der Waals surface area contributed by atoms with E-state index in [9.17, 15) is 9.59 Å². The van der Waals surface area contributed by atoms with Crippen LogP contribution in [0.25, 0.3) is 11.3 Å². The standard InChI is InChI=1S/C21H20ClN3O4S/c1-28-13-7-8-18(29-2)15(11-13)17-12-30-21(24-17)25-19(26)9-10-23-20(27)14-5-3-4-6-16(14)22/h3-8,11-12H,9-10H2,1-2H3,(H,23,27)(H,24,25,26). The number of methoxy groups -OCH3 is 2. The van der Waals surface area contributed by atoms with Crippen molar-refractivity contribution in [2.75, 3.05) is 26.1 Å². The van der Waals surface area contributed by atoms with E-state index in [1.54, 1.807) is 50.6 Å². The van der Waals surface area contributed by atoms with Gasteiger partial charge in [0, 0.05) is 23.9 Å². The van der Waals surface area contributed by atoms with Gasteiger partial charge in [-0.05, 0) is 30.3 Å². The molecule has 1 aromatic heterocycles. The fourth-order valence-corrected chi connectivity index (χ4v) is 3.63. The topological polar surface area (TPSA) is 89.5 Å². The van der Waals surface area contributed by atoms with E-state index in [4.69, 9.17) is 21.1 Å². The molecule has 0 saturated carbocycles. The lowest BCUT2D eigenvalue weighted by Crippen LogP contribution is -2.27. The lowest BCUT2D eigenvalue weighted by Gasteiger charge is -2.08. The van der Waals surface area contributed by atoms with Crippen molar-refractivity contribution in [3.05, 3.63) is 58.4 Å². The summed E-state index contributed by atoms with van der Waals surface area (Å²) in [6.07, 6.45) is 0.105. The maximum absolute atomic E-state index is 12.2. The molecular formula is C21H20ClN3O4S. The fraction of sp³-hybridized carbons (Fsp3) is 0.190. The lowest BCUT2D eigenvalue weighted by atomic mass is 10.1. The molecule has 0 bridgehead atoms. The minimum absolute atomic E-state index is 0.105. The second-order valence-corrected chi connectivity index (χ2v) is 7.40. The zero-order chi connectivity index (χ0) is 21.5. The number of thiazole rings is 1. The van der Waals surface area contributed by atoms with Crippen LogP contribution < -0.4 is 20.1 Å². The van der Waals surface area contributed by atoms with Gasteiger partial charge in [-0.3, -0.25) is 9.59 Å². The van der Waals surface area contributed by atoms with Gasteiger partial charge in [0.2, 0.25) is 5.91 Å². The molecule has 2 N–H and O–H groups in total. The van der Waals surface area contributed by atoms with Crippen LogP contribution in [0, 0.1) is 0 Å². The number of rotatable bonds is 8. The van der Waals surface area contributed by atoms with Crippen molar-refractivity contribution < 1.29 is 19.1 Å². The molecule has 2 amide bonds. The van der Waals surface area contributed by atoms with Crippen LogP contribution in [0.2, 0.25) is 5.02 Å². The van der Waals surface area contributed by atoms with Gasteiger partial charge in [-0.1, -0.05) is 23.7 Å². The molecule has 0 aliphatic carbocycles. The molecule has 2 aromatic carbocycles. The Bertz CT molecular complexity index is 1050. The summed E-state index contributed by atoms with van der Waals surface area (Å²) in [5.74, 6) is 0.753. The Balaban J connectivity index is 1.57. The number of hydrogen-bond acceptors (Lipinski definition) is 6. The Labute approximate surface area is 183 Å². The maximum Gasteiger partial charge on any atom is 0.252 e. The van der Waals surface area contributed by atoms with E-state index in [-0.39, 0.29) is 24.8 Å². The number of halogens is 1. The van der Waals surface area contributed by atoms with E-state index >= 15 is 0 Å². The van der Waals surface area contributed by atoms with E-state index in [2.05, 4.69) is 15.6 Å². The summed E-state index contributed by atoms with van der Waals surface area (Å²) in [7, 11) is 3.17. The summed E-state index contributed by atoms with van der Waals surface area (Å²) in [6, 6.07) is 12.2. The Kier molecular flexibility index (Phi) is 7.26. The smallest absolute Gasteiger partial charge is 0.252 e. The molecule has 0 radical (unpaired) electrons. The average molecular weight is 446 g/mol. The number of carbonyl (C=O) groups is 2. The first-order chi connectivity index (χ1) is 14.5. The first kappa shape index (κ1) is 21.6.